The van der Waals surface area contributed by atoms with Crippen LogP contribution in [-0.4, -0.2) is 36.1 Å². The van der Waals surface area contributed by atoms with Crippen molar-refractivity contribution in [3.05, 3.63) is 60.6 Å². The zero-order valence-corrected chi connectivity index (χ0v) is 15.7. The second-order valence-corrected chi connectivity index (χ2v) is 7.38. The van der Waals surface area contributed by atoms with E-state index in [0.29, 0.717) is 17.3 Å². The van der Waals surface area contributed by atoms with Gasteiger partial charge in [-0.25, -0.2) is 4.98 Å². The van der Waals surface area contributed by atoms with Crippen LogP contribution in [0.3, 0.4) is 0 Å². The van der Waals surface area contributed by atoms with Crippen LogP contribution < -0.4 is 10.6 Å². The highest BCUT2D eigenvalue weighted by molar-refractivity contribution is 5.73. The van der Waals surface area contributed by atoms with Crippen LogP contribution in [0.25, 0.3) is 11.5 Å². The Kier molecular flexibility index (Phi) is 4.49. The van der Waals surface area contributed by atoms with Crippen LogP contribution in [0.4, 0.5) is 17.2 Å². The van der Waals surface area contributed by atoms with Gasteiger partial charge in [-0.15, -0.1) is 10.2 Å². The number of nitrogens with one attached hydrogen (secondary N) is 2. The number of nitrogens with zero attached hydrogens (tertiary/aromatic N) is 4. The molecule has 3 aromatic rings. The Balaban J connectivity index is 1.47. The largest absolute Gasteiger partial charge is 0.391 e. The average molecular weight is 390 g/mol. The molecule has 1 saturated carbocycles. The van der Waals surface area contributed by atoms with Crippen LogP contribution in [0.5, 0.6) is 0 Å². The highest BCUT2D eigenvalue weighted by atomic mass is 16.3. The first kappa shape index (κ1) is 17.8. The van der Waals surface area contributed by atoms with Crippen molar-refractivity contribution in [1.29, 1.82) is 0 Å². The first-order valence-electron chi connectivity index (χ1n) is 9.77. The molecule has 0 saturated heterocycles. The number of hydrogen-bond donors (Lipinski definition) is 4. The van der Waals surface area contributed by atoms with Crippen molar-refractivity contribution in [3.63, 3.8) is 0 Å². The van der Waals surface area contributed by atoms with Crippen molar-refractivity contribution in [2.24, 2.45) is 0 Å². The minimum atomic E-state index is -0.690. The zero-order valence-electron chi connectivity index (χ0n) is 15.7. The van der Waals surface area contributed by atoms with Gasteiger partial charge in [0.05, 0.1) is 12.1 Å². The molecule has 0 spiro atoms. The Bertz CT molecular complexity index is 1060. The highest BCUT2D eigenvalue weighted by Gasteiger charge is 2.29. The molecule has 1 aromatic carbocycles. The average Bonchev–Trinajstić information content (AvgIpc) is 3.37. The molecule has 0 radical (unpaired) electrons. The van der Waals surface area contributed by atoms with Crippen LogP contribution in [0, 0.1) is 0 Å². The smallest absolute Gasteiger partial charge is 0.182 e. The number of hydrogen-bond acceptors (Lipinski definition) is 7. The lowest BCUT2D eigenvalue weighted by atomic mass is 10.0. The van der Waals surface area contributed by atoms with E-state index in [4.69, 9.17) is 4.98 Å². The van der Waals surface area contributed by atoms with Gasteiger partial charge < -0.3 is 25.4 Å². The maximum atomic E-state index is 10.4. The number of pyridine rings is 1. The van der Waals surface area contributed by atoms with E-state index in [1.165, 1.54) is 0 Å². The standard InChI is InChI=1S/C21H22N6O2/c28-17-8-3-7-16(17)27-12-23-26-21(27)15-6-2-9-19(25-15)24-14-5-1-4-13-20(14)18(29)10-11-22-13/h1-2,4-6,9-12,16-18,22,28-29H,3,7-8H2,(H,24,25)/t16?,17-,18?/m0/s1. The normalized spacial score (nSPS) is 22.9. The third kappa shape index (κ3) is 3.26. The molecule has 1 aliphatic heterocycles. The molecule has 2 aromatic heterocycles. The summed E-state index contributed by atoms with van der Waals surface area (Å²) in [6.45, 7) is 0. The third-order valence-electron chi connectivity index (χ3n) is 5.53. The Morgan fingerprint density at radius 2 is 2.00 bits per heavy atom. The Morgan fingerprint density at radius 3 is 2.86 bits per heavy atom. The van der Waals surface area contributed by atoms with Crippen molar-refractivity contribution >= 4 is 17.2 Å². The lowest BCUT2D eigenvalue weighted by Crippen LogP contribution is -2.18. The summed E-state index contributed by atoms with van der Waals surface area (Å²) < 4.78 is 1.92. The van der Waals surface area contributed by atoms with E-state index in [1.807, 2.05) is 41.0 Å². The first-order chi connectivity index (χ1) is 14.2. The predicted molar refractivity (Wildman–Crippen MR) is 110 cm³/mol. The topological polar surface area (TPSA) is 108 Å². The fraction of sp³-hybridized carbons (Fsp3) is 0.286. The molecular weight excluding hydrogens is 368 g/mol. The van der Waals surface area contributed by atoms with Gasteiger partial charge in [-0.2, -0.15) is 0 Å². The van der Waals surface area contributed by atoms with E-state index in [-0.39, 0.29) is 12.1 Å². The van der Waals surface area contributed by atoms with E-state index >= 15 is 0 Å². The number of aromatic nitrogens is 4. The van der Waals surface area contributed by atoms with Gasteiger partial charge in [-0.05, 0) is 55.8 Å². The molecule has 2 aliphatic rings. The number of benzene rings is 1. The van der Waals surface area contributed by atoms with E-state index in [1.54, 1.807) is 18.6 Å². The number of aliphatic hydroxyl groups excluding tert-OH is 2. The number of anilines is 3. The maximum absolute atomic E-state index is 10.4. The van der Waals surface area contributed by atoms with E-state index in [9.17, 15) is 10.2 Å². The summed E-state index contributed by atoms with van der Waals surface area (Å²) in [7, 11) is 0. The summed E-state index contributed by atoms with van der Waals surface area (Å²) in [5.41, 5.74) is 3.09. The number of aliphatic hydroxyl groups is 2. The summed E-state index contributed by atoms with van der Waals surface area (Å²) in [6.07, 6.45) is 6.71. The fourth-order valence-corrected chi connectivity index (χ4v) is 4.12. The monoisotopic (exact) mass is 390 g/mol. The van der Waals surface area contributed by atoms with Crippen molar-refractivity contribution in [1.82, 2.24) is 19.7 Å². The molecule has 1 aliphatic carbocycles. The van der Waals surface area contributed by atoms with Crippen molar-refractivity contribution in [2.75, 3.05) is 10.6 Å². The molecule has 2 unspecified atom stereocenters. The molecule has 8 nitrogen and oxygen atoms in total. The second-order valence-electron chi connectivity index (χ2n) is 7.38. The summed E-state index contributed by atoms with van der Waals surface area (Å²) in [6, 6.07) is 11.4. The van der Waals surface area contributed by atoms with Gasteiger partial charge in [-0.3, -0.25) is 0 Å². The number of rotatable bonds is 4. The fourth-order valence-electron chi connectivity index (χ4n) is 4.12. The molecule has 0 amide bonds. The summed E-state index contributed by atoms with van der Waals surface area (Å²) in [5.74, 6) is 1.28. The van der Waals surface area contributed by atoms with E-state index in [2.05, 4.69) is 20.8 Å². The maximum Gasteiger partial charge on any atom is 0.182 e. The van der Waals surface area contributed by atoms with Gasteiger partial charge in [0.2, 0.25) is 0 Å². The minimum absolute atomic E-state index is 0.0208. The summed E-state index contributed by atoms with van der Waals surface area (Å²) >= 11 is 0. The third-order valence-corrected chi connectivity index (χ3v) is 5.53. The van der Waals surface area contributed by atoms with Gasteiger partial charge >= 0.3 is 0 Å². The zero-order chi connectivity index (χ0) is 19.8. The van der Waals surface area contributed by atoms with Crippen molar-refractivity contribution < 1.29 is 10.2 Å². The van der Waals surface area contributed by atoms with Gasteiger partial charge in [0.25, 0.3) is 0 Å². The molecule has 4 N–H and O–H groups in total. The first-order valence-corrected chi connectivity index (χ1v) is 9.77. The molecule has 3 heterocycles. The predicted octanol–water partition coefficient (Wildman–Crippen LogP) is 3.14. The molecular formula is C21H22N6O2. The van der Waals surface area contributed by atoms with Crippen LogP contribution in [0.1, 0.15) is 37.0 Å². The Labute approximate surface area is 167 Å². The van der Waals surface area contributed by atoms with E-state index in [0.717, 1.165) is 36.2 Å². The van der Waals surface area contributed by atoms with Gasteiger partial charge in [-0.1, -0.05) is 12.1 Å². The van der Waals surface area contributed by atoms with Crippen LogP contribution >= 0.6 is 0 Å². The molecule has 3 atom stereocenters. The quantitative estimate of drug-likeness (QED) is 0.542. The second kappa shape index (κ2) is 7.31. The molecule has 29 heavy (non-hydrogen) atoms. The van der Waals surface area contributed by atoms with Gasteiger partial charge in [0, 0.05) is 16.9 Å². The van der Waals surface area contributed by atoms with Crippen molar-refractivity contribution in [3.8, 4) is 11.5 Å². The molecule has 1 fully saturated rings. The van der Waals surface area contributed by atoms with Crippen LogP contribution in [-0.2, 0) is 0 Å². The van der Waals surface area contributed by atoms with Gasteiger partial charge in [0.15, 0.2) is 5.82 Å². The van der Waals surface area contributed by atoms with Crippen LogP contribution in [0.15, 0.2) is 55.0 Å². The lowest BCUT2D eigenvalue weighted by molar-refractivity contribution is 0.137. The molecule has 0 bridgehead atoms. The van der Waals surface area contributed by atoms with Crippen molar-refractivity contribution in [2.45, 2.75) is 37.5 Å². The highest BCUT2D eigenvalue weighted by Crippen LogP contribution is 2.36. The Morgan fingerprint density at radius 1 is 1.10 bits per heavy atom. The molecule has 5 rings (SSSR count). The molecule has 8 heteroatoms. The summed E-state index contributed by atoms with van der Waals surface area (Å²) in [5, 5.41) is 35.4. The van der Waals surface area contributed by atoms with E-state index < -0.39 is 6.10 Å². The summed E-state index contributed by atoms with van der Waals surface area (Å²) in [4.78, 5) is 4.71. The minimum Gasteiger partial charge on any atom is -0.391 e. The lowest BCUT2D eigenvalue weighted by Gasteiger charge is -2.22. The van der Waals surface area contributed by atoms with Crippen LogP contribution in [0.2, 0.25) is 0 Å². The molecule has 148 valence electrons. The van der Waals surface area contributed by atoms with Gasteiger partial charge in [0.1, 0.15) is 23.9 Å². The SMILES string of the molecule is OC1C=CNc2cccc(Nc3cccc(-c4nncn4C4CCC[C@@H]4O)n3)c21. The Hall–Kier alpha value is -3.23. The number of fused-ring (bicyclic) bond motifs is 1.